The fraction of sp³-hybridized carbons (Fsp3) is 0.160. The van der Waals surface area contributed by atoms with E-state index < -0.39 is 0 Å². The second kappa shape index (κ2) is 5.68. The van der Waals surface area contributed by atoms with Crippen LogP contribution in [0.2, 0.25) is 0 Å². The molecule has 0 saturated heterocycles. The maximum atomic E-state index is 4.78. The predicted molar refractivity (Wildman–Crippen MR) is 113 cm³/mol. The van der Waals surface area contributed by atoms with Gasteiger partial charge >= 0.3 is 0 Å². The molecule has 0 amide bonds. The van der Waals surface area contributed by atoms with Crippen molar-refractivity contribution in [1.29, 1.82) is 0 Å². The van der Waals surface area contributed by atoms with Gasteiger partial charge in [0.15, 0.2) is 0 Å². The van der Waals surface area contributed by atoms with Crippen molar-refractivity contribution in [2.45, 2.75) is 25.7 Å². The van der Waals surface area contributed by atoms with E-state index in [1.54, 1.807) is 0 Å². The van der Waals surface area contributed by atoms with Crippen molar-refractivity contribution >= 4 is 28.8 Å². The SMILES string of the molecule is C1=CCc2c(ccc3c2/C(=C/c2[nH]cc4ccc5c(c24)CC=CC5)N=C3)C1. The molecule has 0 spiro atoms. The predicted octanol–water partition coefficient (Wildman–Crippen LogP) is 5.41. The Morgan fingerprint density at radius 3 is 2.44 bits per heavy atom. The van der Waals surface area contributed by atoms with Crippen molar-refractivity contribution in [3.8, 4) is 0 Å². The smallest absolute Gasteiger partial charge is 0.0732 e. The highest BCUT2D eigenvalue weighted by Crippen LogP contribution is 2.36. The molecule has 1 N–H and O–H groups in total. The average molecular weight is 348 g/mol. The average Bonchev–Trinajstić information content (AvgIpc) is 3.33. The molecule has 2 heterocycles. The van der Waals surface area contributed by atoms with E-state index >= 15 is 0 Å². The van der Waals surface area contributed by atoms with Crippen LogP contribution < -0.4 is 0 Å². The molecule has 0 unspecified atom stereocenters. The van der Waals surface area contributed by atoms with Crippen LogP contribution in [-0.4, -0.2) is 11.2 Å². The van der Waals surface area contributed by atoms with Crippen LogP contribution in [-0.2, 0) is 25.7 Å². The summed E-state index contributed by atoms with van der Waals surface area (Å²) in [5.41, 5.74) is 10.6. The Morgan fingerprint density at radius 1 is 0.815 bits per heavy atom. The third-order valence-corrected chi connectivity index (χ3v) is 6.07. The molecule has 0 atom stereocenters. The fourth-order valence-electron chi connectivity index (χ4n) is 4.73. The summed E-state index contributed by atoms with van der Waals surface area (Å²) < 4.78 is 0. The molecule has 2 heteroatoms. The zero-order valence-corrected chi connectivity index (χ0v) is 15.1. The summed E-state index contributed by atoms with van der Waals surface area (Å²) in [5, 5.41) is 2.65. The van der Waals surface area contributed by atoms with Gasteiger partial charge in [-0.05, 0) is 54.0 Å². The van der Waals surface area contributed by atoms with E-state index in [-0.39, 0.29) is 0 Å². The molecule has 0 fully saturated rings. The molecule has 27 heavy (non-hydrogen) atoms. The number of hydrogen-bond donors (Lipinski definition) is 1. The summed E-state index contributed by atoms with van der Waals surface area (Å²) in [4.78, 5) is 8.30. The summed E-state index contributed by atoms with van der Waals surface area (Å²) in [6.45, 7) is 0. The van der Waals surface area contributed by atoms with Gasteiger partial charge < -0.3 is 4.98 Å². The van der Waals surface area contributed by atoms with Gasteiger partial charge in [-0.15, -0.1) is 0 Å². The third kappa shape index (κ3) is 2.23. The van der Waals surface area contributed by atoms with Crippen molar-refractivity contribution in [1.82, 2.24) is 4.98 Å². The molecule has 2 aliphatic carbocycles. The molecule has 3 aliphatic rings. The van der Waals surface area contributed by atoms with Crippen LogP contribution in [0.25, 0.3) is 22.5 Å². The van der Waals surface area contributed by atoms with E-state index in [0.717, 1.165) is 31.4 Å². The monoisotopic (exact) mass is 348 g/mol. The molecule has 130 valence electrons. The summed E-state index contributed by atoms with van der Waals surface area (Å²) in [6.07, 6.45) is 19.6. The first kappa shape index (κ1) is 15.0. The highest BCUT2D eigenvalue weighted by molar-refractivity contribution is 6.05. The minimum Gasteiger partial charge on any atom is -0.360 e. The van der Waals surface area contributed by atoms with E-state index in [4.69, 9.17) is 4.99 Å². The van der Waals surface area contributed by atoms with Gasteiger partial charge in [-0.25, -0.2) is 0 Å². The Morgan fingerprint density at radius 2 is 1.56 bits per heavy atom. The lowest BCUT2D eigenvalue weighted by atomic mass is 9.88. The number of fused-ring (bicyclic) bond motifs is 6. The molecular weight excluding hydrogens is 328 g/mol. The van der Waals surface area contributed by atoms with Gasteiger partial charge in [-0.1, -0.05) is 48.6 Å². The Hall–Kier alpha value is -3.13. The zero-order valence-electron chi connectivity index (χ0n) is 15.1. The summed E-state index contributed by atoms with van der Waals surface area (Å²) in [7, 11) is 0. The maximum absolute atomic E-state index is 4.78. The first-order chi connectivity index (χ1) is 13.4. The Kier molecular flexibility index (Phi) is 3.15. The van der Waals surface area contributed by atoms with Gasteiger partial charge in [0.2, 0.25) is 0 Å². The van der Waals surface area contributed by atoms with Gasteiger partial charge in [0.1, 0.15) is 0 Å². The molecule has 0 radical (unpaired) electrons. The second-order valence-electron chi connectivity index (χ2n) is 7.58. The van der Waals surface area contributed by atoms with E-state index in [1.807, 2.05) is 6.21 Å². The van der Waals surface area contributed by atoms with Gasteiger partial charge in [-0.3, -0.25) is 4.99 Å². The van der Waals surface area contributed by atoms with Gasteiger partial charge in [0.25, 0.3) is 0 Å². The van der Waals surface area contributed by atoms with E-state index in [9.17, 15) is 0 Å². The van der Waals surface area contributed by atoms with Crippen molar-refractivity contribution in [2.24, 2.45) is 4.99 Å². The molecule has 3 aromatic rings. The first-order valence-electron chi connectivity index (χ1n) is 9.71. The number of rotatable bonds is 1. The standard InChI is InChI=1S/C25H20N2/c1-3-7-20-16(5-1)9-11-18-14-26-22(24(18)20)13-23-25-19(15-27-23)12-10-17-6-2-4-8-21(17)25/h1-4,9-15,26H,5-8H2/b23-13-. The Bertz CT molecular complexity index is 1210. The number of hydrogen-bond acceptors (Lipinski definition) is 1. The number of aromatic amines is 1. The highest BCUT2D eigenvalue weighted by Gasteiger charge is 2.21. The molecule has 1 aromatic heterocycles. The molecule has 2 nitrogen and oxygen atoms in total. The Labute approximate surface area is 158 Å². The lowest BCUT2D eigenvalue weighted by Crippen LogP contribution is -2.02. The number of benzene rings is 2. The van der Waals surface area contributed by atoms with Crippen LogP contribution >= 0.6 is 0 Å². The second-order valence-corrected chi connectivity index (χ2v) is 7.58. The van der Waals surface area contributed by atoms with Crippen molar-refractivity contribution in [3.05, 3.63) is 93.8 Å². The van der Waals surface area contributed by atoms with Crippen LogP contribution in [0.4, 0.5) is 0 Å². The summed E-state index contributed by atoms with van der Waals surface area (Å²) in [6, 6.07) is 9.00. The van der Waals surface area contributed by atoms with Crippen molar-refractivity contribution < 1.29 is 0 Å². The van der Waals surface area contributed by atoms with Crippen molar-refractivity contribution in [3.63, 3.8) is 0 Å². The largest absolute Gasteiger partial charge is 0.360 e. The van der Waals surface area contributed by atoms with E-state index in [1.165, 1.54) is 49.8 Å². The lowest BCUT2D eigenvalue weighted by molar-refractivity contribution is 1.08. The van der Waals surface area contributed by atoms with Crippen molar-refractivity contribution in [2.75, 3.05) is 0 Å². The third-order valence-electron chi connectivity index (χ3n) is 6.07. The quantitative estimate of drug-likeness (QED) is 0.570. The normalized spacial score (nSPS) is 18.1. The van der Waals surface area contributed by atoms with Crippen LogP contribution in [0, 0.1) is 0 Å². The lowest BCUT2D eigenvalue weighted by Gasteiger charge is -2.16. The molecule has 1 aliphatic heterocycles. The number of allylic oxidation sites excluding steroid dienone is 4. The summed E-state index contributed by atoms with van der Waals surface area (Å²) in [5.74, 6) is 0. The van der Waals surface area contributed by atoms with Crippen LogP contribution in [0.1, 0.15) is 39.1 Å². The highest BCUT2D eigenvalue weighted by atomic mass is 14.8. The number of aliphatic imine (C=N–C) groups is 1. The van der Waals surface area contributed by atoms with Crippen LogP contribution in [0.3, 0.4) is 0 Å². The van der Waals surface area contributed by atoms with Gasteiger partial charge in [-0.2, -0.15) is 0 Å². The van der Waals surface area contributed by atoms with Gasteiger partial charge in [0, 0.05) is 40.0 Å². The summed E-state index contributed by atoms with van der Waals surface area (Å²) >= 11 is 0. The van der Waals surface area contributed by atoms with Crippen LogP contribution in [0.15, 0.2) is 59.8 Å². The first-order valence-corrected chi connectivity index (χ1v) is 9.71. The molecule has 6 rings (SSSR count). The van der Waals surface area contributed by atoms with Gasteiger partial charge in [0.05, 0.1) is 5.70 Å². The van der Waals surface area contributed by atoms with Crippen LogP contribution in [0.5, 0.6) is 0 Å². The molecule has 0 saturated carbocycles. The topological polar surface area (TPSA) is 28.1 Å². The number of nitrogens with one attached hydrogen (secondary N) is 1. The number of aromatic nitrogens is 1. The minimum absolute atomic E-state index is 1.00. The fourth-order valence-corrected chi connectivity index (χ4v) is 4.73. The zero-order chi connectivity index (χ0) is 17.8. The van der Waals surface area contributed by atoms with E-state index in [0.29, 0.717) is 0 Å². The number of nitrogens with zero attached hydrogens (tertiary/aromatic N) is 1. The molecule has 2 aromatic carbocycles. The number of H-pyrrole nitrogens is 1. The maximum Gasteiger partial charge on any atom is 0.0732 e. The molecular formula is C25H20N2. The Balaban J connectivity index is 1.54. The minimum atomic E-state index is 1.00. The molecule has 0 bridgehead atoms. The van der Waals surface area contributed by atoms with E-state index in [2.05, 4.69) is 65.8 Å².